The van der Waals surface area contributed by atoms with E-state index in [9.17, 15) is 0 Å². The normalized spacial score (nSPS) is 12.5. The SMILES string of the molecule is CCn1c(COC)nnc1C(S)c1noc(-c2cccc(Cl)c2)n1. The highest BCUT2D eigenvalue weighted by atomic mass is 35.5. The third-order valence-corrected chi connectivity index (χ3v) is 4.15. The number of methoxy groups -OCH3 is 1. The number of ether oxygens (including phenoxy) is 1. The van der Waals surface area contributed by atoms with Crippen molar-refractivity contribution in [2.24, 2.45) is 0 Å². The van der Waals surface area contributed by atoms with E-state index in [2.05, 4.69) is 33.0 Å². The van der Waals surface area contributed by atoms with E-state index in [1.165, 1.54) is 0 Å². The van der Waals surface area contributed by atoms with Crippen LogP contribution in [-0.4, -0.2) is 32.0 Å². The summed E-state index contributed by atoms with van der Waals surface area (Å²) >= 11 is 10.6. The van der Waals surface area contributed by atoms with E-state index >= 15 is 0 Å². The zero-order chi connectivity index (χ0) is 17.1. The lowest BCUT2D eigenvalue weighted by molar-refractivity contribution is 0.174. The molecule has 0 aliphatic rings. The average Bonchev–Trinajstić information content (AvgIpc) is 3.21. The summed E-state index contributed by atoms with van der Waals surface area (Å²) in [5.41, 5.74) is 0.749. The predicted molar refractivity (Wildman–Crippen MR) is 92.0 cm³/mol. The van der Waals surface area contributed by atoms with E-state index in [0.717, 1.165) is 11.4 Å². The summed E-state index contributed by atoms with van der Waals surface area (Å²) in [6.45, 7) is 3.07. The molecule has 9 heteroatoms. The highest BCUT2D eigenvalue weighted by Gasteiger charge is 2.24. The van der Waals surface area contributed by atoms with Crippen molar-refractivity contribution in [2.75, 3.05) is 7.11 Å². The minimum atomic E-state index is -0.459. The Morgan fingerprint density at radius 3 is 2.92 bits per heavy atom. The molecule has 1 unspecified atom stereocenters. The second-order valence-corrected chi connectivity index (χ2v) is 5.98. The topological polar surface area (TPSA) is 78.9 Å². The van der Waals surface area contributed by atoms with Crippen LogP contribution < -0.4 is 0 Å². The van der Waals surface area contributed by atoms with Crippen molar-refractivity contribution in [1.82, 2.24) is 24.9 Å². The van der Waals surface area contributed by atoms with Gasteiger partial charge in [0.25, 0.3) is 5.89 Å². The van der Waals surface area contributed by atoms with E-state index < -0.39 is 5.25 Å². The number of aromatic nitrogens is 5. The largest absolute Gasteiger partial charge is 0.377 e. The number of nitrogens with zero attached hydrogens (tertiary/aromatic N) is 5. The molecule has 0 saturated carbocycles. The molecule has 0 fully saturated rings. The molecule has 0 radical (unpaired) electrons. The van der Waals surface area contributed by atoms with Crippen molar-refractivity contribution in [3.63, 3.8) is 0 Å². The first kappa shape index (κ1) is 16.9. The maximum atomic E-state index is 5.99. The quantitative estimate of drug-likeness (QED) is 0.676. The first-order chi connectivity index (χ1) is 11.6. The number of hydrogen-bond donors (Lipinski definition) is 1. The van der Waals surface area contributed by atoms with Crippen LogP contribution >= 0.6 is 24.2 Å². The maximum absolute atomic E-state index is 5.99. The van der Waals surface area contributed by atoms with Crippen molar-refractivity contribution >= 4 is 24.2 Å². The van der Waals surface area contributed by atoms with Gasteiger partial charge in [-0.15, -0.1) is 10.2 Å². The highest BCUT2D eigenvalue weighted by Crippen LogP contribution is 2.28. The number of rotatable bonds is 6. The van der Waals surface area contributed by atoms with Gasteiger partial charge < -0.3 is 13.8 Å². The molecule has 0 amide bonds. The summed E-state index contributed by atoms with van der Waals surface area (Å²) in [6, 6.07) is 7.22. The van der Waals surface area contributed by atoms with Crippen molar-refractivity contribution in [1.29, 1.82) is 0 Å². The molecule has 24 heavy (non-hydrogen) atoms. The van der Waals surface area contributed by atoms with Gasteiger partial charge in [-0.05, 0) is 25.1 Å². The van der Waals surface area contributed by atoms with Crippen molar-refractivity contribution < 1.29 is 9.26 Å². The van der Waals surface area contributed by atoms with Crippen LogP contribution in [0.15, 0.2) is 28.8 Å². The Kier molecular flexibility index (Phi) is 5.17. The van der Waals surface area contributed by atoms with Crippen LogP contribution in [0.3, 0.4) is 0 Å². The summed E-state index contributed by atoms with van der Waals surface area (Å²) in [7, 11) is 1.61. The van der Waals surface area contributed by atoms with E-state index in [1.54, 1.807) is 19.2 Å². The van der Waals surface area contributed by atoms with Gasteiger partial charge in [0.1, 0.15) is 11.9 Å². The van der Waals surface area contributed by atoms with Crippen molar-refractivity contribution in [3.8, 4) is 11.5 Å². The average molecular weight is 366 g/mol. The van der Waals surface area contributed by atoms with Crippen LogP contribution in [0.1, 0.15) is 29.6 Å². The molecule has 0 aliphatic carbocycles. The Morgan fingerprint density at radius 1 is 1.38 bits per heavy atom. The molecule has 0 N–H and O–H groups in total. The molecule has 7 nitrogen and oxygen atoms in total. The Labute approximate surface area is 149 Å². The highest BCUT2D eigenvalue weighted by molar-refractivity contribution is 7.80. The molecule has 0 saturated heterocycles. The minimum Gasteiger partial charge on any atom is -0.377 e. The van der Waals surface area contributed by atoms with Gasteiger partial charge in [-0.1, -0.05) is 22.8 Å². The standard InChI is InChI=1S/C15H16ClN5O2S/c1-3-21-11(8-22-2)18-19-14(21)12(24)13-17-15(23-20-13)9-5-4-6-10(16)7-9/h4-7,12,24H,3,8H2,1-2H3. The summed E-state index contributed by atoms with van der Waals surface area (Å²) in [5, 5.41) is 12.5. The molecule has 1 atom stereocenters. The zero-order valence-corrected chi connectivity index (χ0v) is 14.8. The second-order valence-electron chi connectivity index (χ2n) is 5.02. The lowest BCUT2D eigenvalue weighted by atomic mass is 10.2. The van der Waals surface area contributed by atoms with Crippen LogP contribution in [0.5, 0.6) is 0 Å². The monoisotopic (exact) mass is 365 g/mol. The fourth-order valence-corrected chi connectivity index (χ4v) is 2.82. The molecule has 126 valence electrons. The lowest BCUT2D eigenvalue weighted by Gasteiger charge is -2.09. The van der Waals surface area contributed by atoms with Gasteiger partial charge in [0, 0.05) is 24.2 Å². The van der Waals surface area contributed by atoms with Crippen LogP contribution in [-0.2, 0) is 17.9 Å². The van der Waals surface area contributed by atoms with E-state index in [4.69, 9.17) is 20.9 Å². The van der Waals surface area contributed by atoms with Crippen LogP contribution in [0.25, 0.3) is 11.5 Å². The fourth-order valence-electron chi connectivity index (χ4n) is 2.33. The predicted octanol–water partition coefficient (Wildman–Crippen LogP) is 3.17. The molecule has 1 aromatic carbocycles. The molecule has 0 spiro atoms. The summed E-state index contributed by atoms with van der Waals surface area (Å²) in [4.78, 5) is 4.40. The summed E-state index contributed by atoms with van der Waals surface area (Å²) in [5.74, 6) is 2.17. The number of thiol groups is 1. The molecular formula is C15H16ClN5O2S. The first-order valence-electron chi connectivity index (χ1n) is 7.32. The molecule has 2 aromatic heterocycles. The Bertz CT molecular complexity index is 835. The van der Waals surface area contributed by atoms with Gasteiger partial charge >= 0.3 is 0 Å². The van der Waals surface area contributed by atoms with Gasteiger partial charge in [-0.2, -0.15) is 17.6 Å². The Balaban J connectivity index is 1.90. The fraction of sp³-hybridized carbons (Fsp3) is 0.333. The summed E-state index contributed by atoms with van der Waals surface area (Å²) < 4.78 is 12.4. The number of hydrogen-bond acceptors (Lipinski definition) is 7. The van der Waals surface area contributed by atoms with Crippen LogP contribution in [0, 0.1) is 0 Å². The molecule has 0 bridgehead atoms. The molecule has 3 rings (SSSR count). The van der Waals surface area contributed by atoms with E-state index in [1.807, 2.05) is 23.6 Å². The number of benzene rings is 1. The lowest BCUT2D eigenvalue weighted by Crippen LogP contribution is -2.10. The molecule has 3 aromatic rings. The van der Waals surface area contributed by atoms with Crippen molar-refractivity contribution in [3.05, 3.63) is 46.8 Å². The maximum Gasteiger partial charge on any atom is 0.258 e. The van der Waals surface area contributed by atoms with Gasteiger partial charge in [-0.3, -0.25) is 0 Å². The smallest absolute Gasteiger partial charge is 0.258 e. The van der Waals surface area contributed by atoms with Gasteiger partial charge in [0.05, 0.1) is 0 Å². The zero-order valence-electron chi connectivity index (χ0n) is 13.2. The second kappa shape index (κ2) is 7.33. The molecule has 2 heterocycles. The van der Waals surface area contributed by atoms with E-state index in [-0.39, 0.29) is 0 Å². The Morgan fingerprint density at radius 2 is 2.21 bits per heavy atom. The summed E-state index contributed by atoms with van der Waals surface area (Å²) in [6.07, 6.45) is 0. The minimum absolute atomic E-state index is 0.376. The van der Waals surface area contributed by atoms with Crippen molar-refractivity contribution in [2.45, 2.75) is 25.3 Å². The third kappa shape index (κ3) is 3.31. The van der Waals surface area contributed by atoms with Crippen LogP contribution in [0.2, 0.25) is 5.02 Å². The van der Waals surface area contributed by atoms with E-state index in [0.29, 0.717) is 35.7 Å². The molecular weight excluding hydrogens is 350 g/mol. The first-order valence-corrected chi connectivity index (χ1v) is 8.22. The van der Waals surface area contributed by atoms with Gasteiger partial charge in [0.15, 0.2) is 17.5 Å². The molecule has 0 aliphatic heterocycles. The van der Waals surface area contributed by atoms with Gasteiger partial charge in [-0.25, -0.2) is 0 Å². The third-order valence-electron chi connectivity index (χ3n) is 3.45. The van der Waals surface area contributed by atoms with Gasteiger partial charge in [0.2, 0.25) is 0 Å². The van der Waals surface area contributed by atoms with Crippen LogP contribution in [0.4, 0.5) is 0 Å². The number of halogens is 1. The Hall–Kier alpha value is -1.90.